The molecule has 3 nitrogen and oxygen atoms in total. The van der Waals surface area contributed by atoms with Crippen LogP contribution in [0.25, 0.3) is 0 Å². The van der Waals surface area contributed by atoms with Crippen molar-refractivity contribution in [1.82, 2.24) is 0 Å². The molecule has 0 radical (unpaired) electrons. The Hall–Kier alpha value is -1.52. The third-order valence-corrected chi connectivity index (χ3v) is 3.53. The summed E-state index contributed by atoms with van der Waals surface area (Å²) in [6.07, 6.45) is 0.0787. The molecule has 0 heterocycles. The quantitative estimate of drug-likeness (QED) is 0.811. The molecule has 0 atom stereocenters. The first-order chi connectivity index (χ1) is 9.95. The van der Waals surface area contributed by atoms with E-state index in [1.54, 1.807) is 42.5 Å². The van der Waals surface area contributed by atoms with Gasteiger partial charge in [-0.2, -0.15) is 0 Å². The van der Waals surface area contributed by atoms with Crippen molar-refractivity contribution in [3.63, 3.8) is 0 Å². The molecule has 2 rings (SSSR count). The molecular formula is C16H15BrClNO2. The first-order valence-electron chi connectivity index (χ1n) is 6.49. The second kappa shape index (κ2) is 6.96. The molecule has 2 aromatic rings. The van der Waals surface area contributed by atoms with Gasteiger partial charge in [-0.15, -0.1) is 0 Å². The van der Waals surface area contributed by atoms with Crippen LogP contribution in [0.3, 0.4) is 0 Å². The summed E-state index contributed by atoms with van der Waals surface area (Å²) in [6.45, 7) is 3.90. The lowest BCUT2D eigenvalue weighted by molar-refractivity contribution is 0.102. The minimum atomic E-state index is -0.186. The van der Waals surface area contributed by atoms with Crippen LogP contribution >= 0.6 is 27.5 Å². The van der Waals surface area contributed by atoms with Gasteiger partial charge in [0.05, 0.1) is 10.6 Å². The fourth-order valence-corrected chi connectivity index (χ4v) is 2.33. The summed E-state index contributed by atoms with van der Waals surface area (Å²) >= 11 is 9.23. The van der Waals surface area contributed by atoms with Gasteiger partial charge in [-0.3, -0.25) is 4.79 Å². The number of hydrogen-bond donors (Lipinski definition) is 1. The largest absolute Gasteiger partial charge is 0.490 e. The number of hydrogen-bond acceptors (Lipinski definition) is 2. The van der Waals surface area contributed by atoms with Gasteiger partial charge in [0.2, 0.25) is 0 Å². The van der Waals surface area contributed by atoms with Crippen LogP contribution in [0, 0.1) is 0 Å². The zero-order chi connectivity index (χ0) is 15.4. The molecule has 0 aliphatic rings. The van der Waals surface area contributed by atoms with Crippen molar-refractivity contribution in [2.45, 2.75) is 20.0 Å². The van der Waals surface area contributed by atoms with Gasteiger partial charge in [-0.05, 0) is 72.2 Å². The standard InChI is InChI=1S/C16H15BrClNO2/c1-10(2)21-15-8-3-11(9-14(15)17)16(20)19-13-6-4-12(18)5-7-13/h3-10H,1-2H3,(H,19,20). The molecule has 1 amide bonds. The summed E-state index contributed by atoms with van der Waals surface area (Å²) < 4.78 is 6.37. The highest BCUT2D eigenvalue weighted by Gasteiger charge is 2.10. The number of nitrogens with one attached hydrogen (secondary N) is 1. The van der Waals surface area contributed by atoms with Crippen molar-refractivity contribution >= 4 is 39.1 Å². The van der Waals surface area contributed by atoms with Gasteiger partial charge in [0, 0.05) is 16.3 Å². The number of benzene rings is 2. The highest BCUT2D eigenvalue weighted by atomic mass is 79.9. The zero-order valence-electron chi connectivity index (χ0n) is 11.7. The van der Waals surface area contributed by atoms with E-state index in [0.29, 0.717) is 22.0 Å². The number of halogens is 2. The Morgan fingerprint density at radius 1 is 1.19 bits per heavy atom. The fourth-order valence-electron chi connectivity index (χ4n) is 1.73. The van der Waals surface area contributed by atoms with E-state index in [4.69, 9.17) is 16.3 Å². The van der Waals surface area contributed by atoms with Crippen molar-refractivity contribution in [1.29, 1.82) is 0 Å². The van der Waals surface area contributed by atoms with Crippen molar-refractivity contribution in [3.05, 3.63) is 57.5 Å². The summed E-state index contributed by atoms with van der Waals surface area (Å²) in [5, 5.41) is 3.44. The summed E-state index contributed by atoms with van der Waals surface area (Å²) in [4.78, 5) is 12.2. The summed E-state index contributed by atoms with van der Waals surface area (Å²) in [6, 6.07) is 12.2. The van der Waals surface area contributed by atoms with E-state index < -0.39 is 0 Å². The smallest absolute Gasteiger partial charge is 0.255 e. The van der Waals surface area contributed by atoms with E-state index in [1.165, 1.54) is 0 Å². The summed E-state index contributed by atoms with van der Waals surface area (Å²) in [7, 11) is 0. The average Bonchev–Trinajstić information content (AvgIpc) is 2.43. The molecule has 0 saturated heterocycles. The van der Waals surface area contributed by atoms with Crippen molar-refractivity contribution in [3.8, 4) is 5.75 Å². The van der Waals surface area contributed by atoms with Crippen molar-refractivity contribution < 1.29 is 9.53 Å². The van der Waals surface area contributed by atoms with Crippen LogP contribution in [0.5, 0.6) is 5.75 Å². The Morgan fingerprint density at radius 3 is 2.43 bits per heavy atom. The monoisotopic (exact) mass is 367 g/mol. The molecule has 0 aliphatic heterocycles. The Balaban J connectivity index is 2.12. The number of anilines is 1. The molecule has 0 fully saturated rings. The number of rotatable bonds is 4. The predicted octanol–water partition coefficient (Wildman–Crippen LogP) is 5.14. The Bertz CT molecular complexity index is 641. The lowest BCUT2D eigenvalue weighted by Crippen LogP contribution is -2.12. The second-order valence-corrected chi connectivity index (χ2v) is 6.06. The molecule has 110 valence electrons. The number of ether oxygens (including phenoxy) is 1. The van der Waals surface area contributed by atoms with E-state index in [9.17, 15) is 4.79 Å². The summed E-state index contributed by atoms with van der Waals surface area (Å²) in [5.41, 5.74) is 1.25. The molecular weight excluding hydrogens is 354 g/mol. The minimum Gasteiger partial charge on any atom is -0.490 e. The first-order valence-corrected chi connectivity index (χ1v) is 7.66. The van der Waals surface area contributed by atoms with Crippen LogP contribution in [0.4, 0.5) is 5.69 Å². The van der Waals surface area contributed by atoms with Gasteiger partial charge < -0.3 is 10.1 Å². The van der Waals surface area contributed by atoms with Gasteiger partial charge in [0.15, 0.2) is 0 Å². The van der Waals surface area contributed by atoms with Crippen LogP contribution < -0.4 is 10.1 Å². The minimum absolute atomic E-state index is 0.0787. The van der Waals surface area contributed by atoms with Crippen LogP contribution in [0.2, 0.25) is 5.02 Å². The number of carbonyl (C=O) groups excluding carboxylic acids is 1. The van der Waals surface area contributed by atoms with E-state index in [1.807, 2.05) is 13.8 Å². The van der Waals surface area contributed by atoms with Crippen molar-refractivity contribution in [2.24, 2.45) is 0 Å². The highest BCUT2D eigenvalue weighted by Crippen LogP contribution is 2.27. The maximum atomic E-state index is 12.2. The number of amides is 1. The third kappa shape index (κ3) is 4.48. The lowest BCUT2D eigenvalue weighted by Gasteiger charge is -2.12. The lowest BCUT2D eigenvalue weighted by atomic mass is 10.2. The van der Waals surface area contributed by atoms with Crippen LogP contribution in [-0.4, -0.2) is 12.0 Å². The Labute approximate surface area is 137 Å². The molecule has 0 aromatic heterocycles. The molecule has 0 spiro atoms. The van der Waals surface area contributed by atoms with E-state index in [-0.39, 0.29) is 12.0 Å². The molecule has 1 N–H and O–H groups in total. The fraction of sp³-hybridized carbons (Fsp3) is 0.188. The molecule has 0 saturated carbocycles. The van der Waals surface area contributed by atoms with E-state index >= 15 is 0 Å². The van der Waals surface area contributed by atoms with Gasteiger partial charge in [-0.1, -0.05) is 11.6 Å². The van der Waals surface area contributed by atoms with Gasteiger partial charge in [0.1, 0.15) is 5.75 Å². The maximum Gasteiger partial charge on any atom is 0.255 e. The predicted molar refractivity (Wildman–Crippen MR) is 89.3 cm³/mol. The molecule has 21 heavy (non-hydrogen) atoms. The third-order valence-electron chi connectivity index (χ3n) is 2.66. The van der Waals surface area contributed by atoms with Crippen LogP contribution in [-0.2, 0) is 0 Å². The molecule has 0 unspecified atom stereocenters. The molecule has 5 heteroatoms. The van der Waals surface area contributed by atoms with Crippen LogP contribution in [0.1, 0.15) is 24.2 Å². The maximum absolute atomic E-state index is 12.2. The van der Waals surface area contributed by atoms with Gasteiger partial charge in [-0.25, -0.2) is 0 Å². The van der Waals surface area contributed by atoms with Crippen molar-refractivity contribution in [2.75, 3.05) is 5.32 Å². The molecule has 2 aromatic carbocycles. The molecule has 0 bridgehead atoms. The summed E-state index contributed by atoms with van der Waals surface area (Å²) in [5.74, 6) is 0.530. The average molecular weight is 369 g/mol. The van der Waals surface area contributed by atoms with Gasteiger partial charge in [0.25, 0.3) is 5.91 Å². The number of carbonyl (C=O) groups is 1. The normalized spacial score (nSPS) is 10.5. The zero-order valence-corrected chi connectivity index (χ0v) is 14.0. The topological polar surface area (TPSA) is 38.3 Å². The Morgan fingerprint density at radius 2 is 1.86 bits per heavy atom. The SMILES string of the molecule is CC(C)Oc1ccc(C(=O)Nc2ccc(Cl)cc2)cc1Br. The molecule has 0 aliphatic carbocycles. The second-order valence-electron chi connectivity index (χ2n) is 4.77. The Kier molecular flexibility index (Phi) is 5.26. The van der Waals surface area contributed by atoms with E-state index in [0.717, 1.165) is 4.47 Å². The van der Waals surface area contributed by atoms with Crippen LogP contribution in [0.15, 0.2) is 46.9 Å². The first kappa shape index (κ1) is 15.9. The van der Waals surface area contributed by atoms with Gasteiger partial charge >= 0.3 is 0 Å². The highest BCUT2D eigenvalue weighted by molar-refractivity contribution is 9.10. The van der Waals surface area contributed by atoms with E-state index in [2.05, 4.69) is 21.2 Å².